The number of guanidine groups is 1. The molecule has 7 nitrogen and oxygen atoms in total. The van der Waals surface area contributed by atoms with Gasteiger partial charge in [0.05, 0.1) is 13.2 Å². The zero-order valence-electron chi connectivity index (χ0n) is 19.4. The normalized spacial score (nSPS) is 14.8. The summed E-state index contributed by atoms with van der Waals surface area (Å²) in [4.78, 5) is 16.8. The van der Waals surface area contributed by atoms with E-state index >= 15 is 0 Å². The molecule has 1 atom stereocenters. The van der Waals surface area contributed by atoms with Crippen LogP contribution >= 0.6 is 0 Å². The lowest BCUT2D eigenvalue weighted by Gasteiger charge is -2.20. The lowest BCUT2D eigenvalue weighted by Crippen LogP contribution is -2.42. The van der Waals surface area contributed by atoms with E-state index in [1.165, 1.54) is 5.56 Å². The minimum Gasteiger partial charge on any atom is -0.490 e. The highest BCUT2D eigenvalue weighted by molar-refractivity contribution is 5.95. The first kappa shape index (κ1) is 23.4. The van der Waals surface area contributed by atoms with Crippen LogP contribution in [0.25, 0.3) is 0 Å². The first-order valence-corrected chi connectivity index (χ1v) is 11.1. The average Bonchev–Trinajstić information content (AvgIpc) is 3.00. The van der Waals surface area contributed by atoms with E-state index in [2.05, 4.69) is 40.0 Å². The topological polar surface area (TPSA) is 84.0 Å². The van der Waals surface area contributed by atoms with E-state index in [4.69, 9.17) is 9.47 Å². The van der Waals surface area contributed by atoms with Crippen LogP contribution in [0, 0.1) is 0 Å². The zero-order valence-corrected chi connectivity index (χ0v) is 19.4. The Hall–Kier alpha value is -3.22. The first-order chi connectivity index (χ1) is 15.3. The van der Waals surface area contributed by atoms with Crippen molar-refractivity contribution in [2.24, 2.45) is 4.99 Å². The predicted molar refractivity (Wildman–Crippen MR) is 129 cm³/mol. The molecule has 0 saturated carbocycles. The highest BCUT2D eigenvalue weighted by Gasteiger charge is 2.15. The molecule has 32 heavy (non-hydrogen) atoms. The number of ether oxygens (including phenoxy) is 2. The second-order valence-corrected chi connectivity index (χ2v) is 8.99. The molecular formula is C25H34N4O3. The predicted octanol–water partition coefficient (Wildman–Crippen LogP) is 3.92. The van der Waals surface area contributed by atoms with Crippen molar-refractivity contribution < 1.29 is 14.3 Å². The van der Waals surface area contributed by atoms with Gasteiger partial charge in [0.25, 0.3) is 0 Å². The van der Waals surface area contributed by atoms with Gasteiger partial charge in [0.2, 0.25) is 5.91 Å². The molecule has 1 amide bonds. The Morgan fingerprint density at radius 2 is 1.78 bits per heavy atom. The number of carbonyl (C=O) groups excluding carboxylic acids is 1. The molecule has 1 unspecified atom stereocenters. The number of nitrogens with zero attached hydrogens (tertiary/aromatic N) is 1. The molecular weight excluding hydrogens is 404 g/mol. The summed E-state index contributed by atoms with van der Waals surface area (Å²) in [6, 6.07) is 16.0. The van der Waals surface area contributed by atoms with Gasteiger partial charge in [-0.05, 0) is 44.4 Å². The Morgan fingerprint density at radius 1 is 1.06 bits per heavy atom. The summed E-state index contributed by atoms with van der Waals surface area (Å²) in [5.41, 5.74) is 1.74. The molecule has 0 spiro atoms. The Balaban J connectivity index is 1.71. The zero-order chi connectivity index (χ0) is 23.0. The van der Waals surface area contributed by atoms with Crippen LogP contribution in [0.15, 0.2) is 53.5 Å². The van der Waals surface area contributed by atoms with Crippen molar-refractivity contribution in [1.82, 2.24) is 10.6 Å². The van der Waals surface area contributed by atoms with E-state index in [-0.39, 0.29) is 23.9 Å². The summed E-state index contributed by atoms with van der Waals surface area (Å²) < 4.78 is 11.5. The number of rotatable bonds is 6. The number of hydrogen-bond donors (Lipinski definition) is 3. The lowest BCUT2D eigenvalue weighted by atomic mass is 10.0. The Bertz CT molecular complexity index is 923. The van der Waals surface area contributed by atoms with Crippen LogP contribution in [0.1, 0.15) is 45.6 Å². The van der Waals surface area contributed by atoms with Gasteiger partial charge in [-0.2, -0.15) is 0 Å². The van der Waals surface area contributed by atoms with Gasteiger partial charge in [-0.25, -0.2) is 4.99 Å². The summed E-state index contributed by atoms with van der Waals surface area (Å²) in [7, 11) is 0. The lowest BCUT2D eigenvalue weighted by molar-refractivity contribution is -0.121. The second kappa shape index (κ2) is 10.9. The van der Waals surface area contributed by atoms with Gasteiger partial charge >= 0.3 is 0 Å². The van der Waals surface area contributed by atoms with Crippen LogP contribution in [-0.4, -0.2) is 43.7 Å². The van der Waals surface area contributed by atoms with Crippen LogP contribution in [0.3, 0.4) is 0 Å². The third-order valence-corrected chi connectivity index (χ3v) is 4.85. The number of aliphatic imine (C=N–C) groups is 1. The molecule has 1 heterocycles. The molecule has 0 aliphatic carbocycles. The highest BCUT2D eigenvalue weighted by atomic mass is 16.5. The number of carbonyl (C=O) groups is 1. The highest BCUT2D eigenvalue weighted by Crippen LogP contribution is 2.32. The van der Waals surface area contributed by atoms with Crippen LogP contribution in [0.4, 0.5) is 5.69 Å². The van der Waals surface area contributed by atoms with E-state index < -0.39 is 0 Å². The van der Waals surface area contributed by atoms with Gasteiger partial charge in [-0.15, -0.1) is 0 Å². The molecule has 2 aromatic rings. The van der Waals surface area contributed by atoms with Crippen molar-refractivity contribution in [3.8, 4) is 11.5 Å². The number of anilines is 1. The van der Waals surface area contributed by atoms with Gasteiger partial charge in [0, 0.05) is 30.3 Å². The summed E-state index contributed by atoms with van der Waals surface area (Å²) >= 11 is 0. The molecule has 0 bridgehead atoms. The maximum atomic E-state index is 12.3. The smallest absolute Gasteiger partial charge is 0.242 e. The van der Waals surface area contributed by atoms with E-state index in [0.29, 0.717) is 31.5 Å². The quantitative estimate of drug-likeness (QED) is 0.470. The minimum atomic E-state index is -0.302. The third kappa shape index (κ3) is 7.48. The fourth-order valence-corrected chi connectivity index (χ4v) is 3.28. The molecule has 1 aliphatic heterocycles. The first-order valence-electron chi connectivity index (χ1n) is 11.1. The maximum absolute atomic E-state index is 12.3. The van der Waals surface area contributed by atoms with Crippen LogP contribution in [-0.2, 0) is 4.79 Å². The number of fused-ring (bicyclic) bond motifs is 1. The summed E-state index contributed by atoms with van der Waals surface area (Å²) in [5, 5.41) is 9.60. The van der Waals surface area contributed by atoms with Crippen LogP contribution in [0.2, 0.25) is 0 Å². The minimum absolute atomic E-state index is 0.0247. The van der Waals surface area contributed by atoms with Gasteiger partial charge in [0.15, 0.2) is 17.5 Å². The average molecular weight is 439 g/mol. The molecule has 2 aromatic carbocycles. The summed E-state index contributed by atoms with van der Waals surface area (Å²) in [5.74, 6) is 2.12. The summed E-state index contributed by atoms with van der Waals surface area (Å²) in [6.07, 6.45) is 0.853. The van der Waals surface area contributed by atoms with Gasteiger partial charge in [0.1, 0.15) is 6.54 Å². The Labute approximate surface area is 190 Å². The van der Waals surface area contributed by atoms with Crippen molar-refractivity contribution in [1.29, 1.82) is 0 Å². The van der Waals surface area contributed by atoms with Crippen molar-refractivity contribution in [2.45, 2.75) is 45.6 Å². The van der Waals surface area contributed by atoms with E-state index in [1.807, 2.05) is 57.2 Å². The molecule has 0 saturated heterocycles. The van der Waals surface area contributed by atoms with Crippen LogP contribution in [0.5, 0.6) is 11.5 Å². The maximum Gasteiger partial charge on any atom is 0.242 e. The van der Waals surface area contributed by atoms with Crippen LogP contribution < -0.4 is 25.4 Å². The molecule has 0 aromatic heterocycles. The van der Waals surface area contributed by atoms with Gasteiger partial charge in [-0.3, -0.25) is 4.79 Å². The fraction of sp³-hybridized carbons (Fsp3) is 0.440. The number of hydrogen-bond acceptors (Lipinski definition) is 4. The van der Waals surface area contributed by atoms with Gasteiger partial charge < -0.3 is 25.4 Å². The number of benzene rings is 2. The summed E-state index contributed by atoms with van der Waals surface area (Å²) in [6.45, 7) is 9.96. The van der Waals surface area contributed by atoms with Crippen molar-refractivity contribution >= 4 is 17.6 Å². The number of nitrogens with one attached hydrogen (secondary N) is 3. The molecule has 7 heteroatoms. The second-order valence-electron chi connectivity index (χ2n) is 8.99. The molecule has 3 N–H and O–H groups in total. The molecule has 0 radical (unpaired) electrons. The van der Waals surface area contributed by atoms with E-state index in [1.54, 1.807) is 0 Å². The standard InChI is InChI=1S/C25H34N4O3/c1-18(19-9-6-5-7-10-19)16-26-24(27-17-23(30)29-25(2,3)4)28-20-11-12-21-22(15-20)32-14-8-13-31-21/h5-7,9-12,15,18H,8,13-14,16-17H2,1-4H3,(H,29,30)(H2,26,27,28). The van der Waals surface area contributed by atoms with E-state index in [0.717, 1.165) is 17.9 Å². The molecule has 172 valence electrons. The van der Waals surface area contributed by atoms with Crippen molar-refractivity contribution in [2.75, 3.05) is 31.6 Å². The third-order valence-electron chi connectivity index (χ3n) is 4.85. The molecule has 3 rings (SSSR count). The largest absolute Gasteiger partial charge is 0.490 e. The molecule has 1 aliphatic rings. The monoisotopic (exact) mass is 438 g/mol. The molecule has 0 fully saturated rings. The number of amides is 1. The van der Waals surface area contributed by atoms with Crippen molar-refractivity contribution in [3.63, 3.8) is 0 Å². The van der Waals surface area contributed by atoms with Crippen molar-refractivity contribution in [3.05, 3.63) is 54.1 Å². The van der Waals surface area contributed by atoms with Gasteiger partial charge in [-0.1, -0.05) is 37.3 Å². The SMILES string of the molecule is CC(CNC(=NCC(=O)NC(C)(C)C)Nc1ccc2c(c1)OCCCO2)c1ccccc1. The Kier molecular flexibility index (Phi) is 7.98. The Morgan fingerprint density at radius 3 is 2.50 bits per heavy atom. The fourth-order valence-electron chi connectivity index (χ4n) is 3.28. The van der Waals surface area contributed by atoms with E-state index in [9.17, 15) is 4.79 Å².